The fourth-order valence-electron chi connectivity index (χ4n) is 2.69. The van der Waals surface area contributed by atoms with Crippen molar-refractivity contribution in [3.63, 3.8) is 0 Å². The van der Waals surface area contributed by atoms with Crippen molar-refractivity contribution >= 4 is 5.76 Å². The summed E-state index contributed by atoms with van der Waals surface area (Å²) in [6, 6.07) is 6.11. The van der Waals surface area contributed by atoms with E-state index in [1.54, 1.807) is 21.3 Å². The lowest BCUT2D eigenvalue weighted by atomic mass is 9.95. The van der Waals surface area contributed by atoms with Crippen LogP contribution in [0, 0.1) is 0 Å². The van der Waals surface area contributed by atoms with Crippen molar-refractivity contribution in [3.8, 4) is 5.75 Å². The third-order valence-corrected chi connectivity index (χ3v) is 3.42. The number of methoxy groups -OCH3 is 3. The number of hydrogen-bond acceptors (Lipinski definition) is 3. The van der Waals surface area contributed by atoms with Gasteiger partial charge in [-0.1, -0.05) is 25.5 Å². The summed E-state index contributed by atoms with van der Waals surface area (Å²) in [6.07, 6.45) is 2.15. The molecule has 0 aliphatic heterocycles. The van der Waals surface area contributed by atoms with Crippen LogP contribution in [0.5, 0.6) is 5.75 Å². The van der Waals surface area contributed by atoms with Crippen LogP contribution in [-0.4, -0.2) is 21.3 Å². The Balaban J connectivity index is 2.59. The highest BCUT2D eigenvalue weighted by Crippen LogP contribution is 2.48. The minimum atomic E-state index is 0.278. The van der Waals surface area contributed by atoms with Gasteiger partial charge < -0.3 is 14.2 Å². The molecule has 1 aromatic rings. The van der Waals surface area contributed by atoms with Crippen LogP contribution in [0.1, 0.15) is 36.8 Å². The van der Waals surface area contributed by atoms with Gasteiger partial charge in [-0.05, 0) is 18.1 Å². The first-order valence-electron chi connectivity index (χ1n) is 6.27. The zero-order chi connectivity index (χ0) is 13.1. The molecule has 0 fully saturated rings. The summed E-state index contributed by atoms with van der Waals surface area (Å²) >= 11 is 0. The maximum Gasteiger partial charge on any atom is 0.168 e. The highest BCUT2D eigenvalue weighted by molar-refractivity contribution is 5.77. The van der Waals surface area contributed by atoms with E-state index in [1.165, 1.54) is 5.56 Å². The first-order valence-corrected chi connectivity index (χ1v) is 6.27. The molecule has 0 aromatic heterocycles. The number of allylic oxidation sites excluding steroid dienone is 1. The molecule has 3 nitrogen and oxygen atoms in total. The van der Waals surface area contributed by atoms with Gasteiger partial charge in [0.2, 0.25) is 0 Å². The molecule has 1 aliphatic rings. The Morgan fingerprint density at radius 2 is 1.83 bits per heavy atom. The topological polar surface area (TPSA) is 27.7 Å². The summed E-state index contributed by atoms with van der Waals surface area (Å²) in [7, 11) is 5.07. The molecule has 1 aliphatic carbocycles. The molecule has 98 valence electrons. The molecule has 0 N–H and O–H groups in total. The molecule has 18 heavy (non-hydrogen) atoms. The molecule has 0 heterocycles. The van der Waals surface area contributed by atoms with Crippen LogP contribution in [0.15, 0.2) is 24.0 Å². The van der Waals surface area contributed by atoms with Gasteiger partial charge in [0.05, 0.1) is 26.9 Å². The standard InChI is InChI=1S/C15H20O3/c1-5-7-11-10-8-6-9-12(16-2)13(10)15(18-4)14(11)17-3/h6,8-9,11H,5,7H2,1-4H3. The zero-order valence-electron chi connectivity index (χ0n) is 11.4. The second-order valence-electron chi connectivity index (χ2n) is 4.37. The van der Waals surface area contributed by atoms with E-state index in [-0.39, 0.29) is 5.92 Å². The smallest absolute Gasteiger partial charge is 0.168 e. The molecule has 3 heteroatoms. The molecule has 0 amide bonds. The fourth-order valence-corrected chi connectivity index (χ4v) is 2.69. The molecule has 2 rings (SSSR count). The van der Waals surface area contributed by atoms with E-state index in [1.807, 2.05) is 12.1 Å². The molecule has 1 atom stereocenters. The van der Waals surface area contributed by atoms with Gasteiger partial charge in [0.15, 0.2) is 5.76 Å². The van der Waals surface area contributed by atoms with Gasteiger partial charge in [0, 0.05) is 5.92 Å². The Bertz CT molecular complexity index is 463. The van der Waals surface area contributed by atoms with Crippen LogP contribution in [-0.2, 0) is 9.47 Å². The predicted octanol–water partition coefficient (Wildman–Crippen LogP) is 3.55. The second-order valence-corrected chi connectivity index (χ2v) is 4.37. The maximum absolute atomic E-state index is 5.56. The summed E-state index contributed by atoms with van der Waals surface area (Å²) in [5, 5.41) is 0. The molecule has 0 bridgehead atoms. The summed E-state index contributed by atoms with van der Waals surface area (Å²) in [5.41, 5.74) is 2.28. The maximum atomic E-state index is 5.56. The van der Waals surface area contributed by atoms with Crippen molar-refractivity contribution in [1.29, 1.82) is 0 Å². The molecule has 0 saturated carbocycles. The SMILES string of the molecule is CCCC1C(OC)=C(OC)c2c(OC)cccc21. The Labute approximate surface area is 108 Å². The molecular formula is C15H20O3. The van der Waals surface area contributed by atoms with Gasteiger partial charge in [0.1, 0.15) is 11.5 Å². The van der Waals surface area contributed by atoms with Crippen molar-refractivity contribution in [3.05, 3.63) is 35.1 Å². The normalized spacial score (nSPS) is 17.7. The first kappa shape index (κ1) is 12.8. The van der Waals surface area contributed by atoms with E-state index in [4.69, 9.17) is 14.2 Å². The summed E-state index contributed by atoms with van der Waals surface area (Å²) in [4.78, 5) is 0. The Kier molecular flexibility index (Phi) is 3.80. The van der Waals surface area contributed by atoms with Crippen LogP contribution in [0.3, 0.4) is 0 Å². The lowest BCUT2D eigenvalue weighted by Gasteiger charge is -2.14. The number of ether oxygens (including phenoxy) is 3. The Hall–Kier alpha value is -1.64. The van der Waals surface area contributed by atoms with Crippen molar-refractivity contribution in [2.24, 2.45) is 0 Å². The average molecular weight is 248 g/mol. The third kappa shape index (κ3) is 1.84. The van der Waals surface area contributed by atoms with Gasteiger partial charge in [-0.2, -0.15) is 0 Å². The zero-order valence-corrected chi connectivity index (χ0v) is 11.4. The third-order valence-electron chi connectivity index (χ3n) is 3.42. The van der Waals surface area contributed by atoms with E-state index in [0.29, 0.717) is 0 Å². The van der Waals surface area contributed by atoms with Crippen LogP contribution in [0.25, 0.3) is 5.76 Å². The molecule has 0 spiro atoms. The molecule has 1 aromatic carbocycles. The monoisotopic (exact) mass is 248 g/mol. The van der Waals surface area contributed by atoms with E-state index in [2.05, 4.69) is 13.0 Å². The van der Waals surface area contributed by atoms with Gasteiger partial charge in [-0.3, -0.25) is 0 Å². The quantitative estimate of drug-likeness (QED) is 0.797. The molecule has 1 unspecified atom stereocenters. The minimum absolute atomic E-state index is 0.278. The molecule has 0 saturated heterocycles. The molecule has 0 radical (unpaired) electrons. The Morgan fingerprint density at radius 3 is 2.39 bits per heavy atom. The number of rotatable bonds is 5. The van der Waals surface area contributed by atoms with Crippen molar-refractivity contribution in [2.75, 3.05) is 21.3 Å². The van der Waals surface area contributed by atoms with Crippen LogP contribution in [0.4, 0.5) is 0 Å². The van der Waals surface area contributed by atoms with Crippen molar-refractivity contribution < 1.29 is 14.2 Å². The highest BCUT2D eigenvalue weighted by Gasteiger charge is 2.35. The minimum Gasteiger partial charge on any atom is -0.497 e. The van der Waals surface area contributed by atoms with Crippen LogP contribution >= 0.6 is 0 Å². The number of fused-ring (bicyclic) bond motifs is 1. The van der Waals surface area contributed by atoms with Crippen LogP contribution in [0.2, 0.25) is 0 Å². The lowest BCUT2D eigenvalue weighted by molar-refractivity contribution is 0.245. The van der Waals surface area contributed by atoms with E-state index in [9.17, 15) is 0 Å². The number of benzene rings is 1. The van der Waals surface area contributed by atoms with Crippen molar-refractivity contribution in [2.45, 2.75) is 25.7 Å². The van der Waals surface area contributed by atoms with Gasteiger partial charge >= 0.3 is 0 Å². The van der Waals surface area contributed by atoms with Gasteiger partial charge in [-0.15, -0.1) is 0 Å². The highest BCUT2D eigenvalue weighted by atomic mass is 16.5. The second kappa shape index (κ2) is 5.34. The molecular weight excluding hydrogens is 228 g/mol. The van der Waals surface area contributed by atoms with Crippen LogP contribution < -0.4 is 4.74 Å². The summed E-state index contributed by atoms with van der Waals surface area (Å²) in [6.45, 7) is 2.18. The Morgan fingerprint density at radius 1 is 1.06 bits per heavy atom. The van der Waals surface area contributed by atoms with E-state index in [0.717, 1.165) is 35.7 Å². The number of hydrogen-bond donors (Lipinski definition) is 0. The predicted molar refractivity (Wildman–Crippen MR) is 71.6 cm³/mol. The summed E-state index contributed by atoms with van der Waals surface area (Å²) < 4.78 is 16.5. The lowest BCUT2D eigenvalue weighted by Crippen LogP contribution is -2.00. The van der Waals surface area contributed by atoms with Crippen molar-refractivity contribution in [1.82, 2.24) is 0 Å². The van der Waals surface area contributed by atoms with E-state index < -0.39 is 0 Å². The van der Waals surface area contributed by atoms with Gasteiger partial charge in [-0.25, -0.2) is 0 Å². The van der Waals surface area contributed by atoms with E-state index >= 15 is 0 Å². The van der Waals surface area contributed by atoms with Gasteiger partial charge in [0.25, 0.3) is 0 Å². The largest absolute Gasteiger partial charge is 0.497 e. The first-order chi connectivity index (χ1) is 8.78. The average Bonchev–Trinajstić information content (AvgIpc) is 2.72. The fraction of sp³-hybridized carbons (Fsp3) is 0.467. The summed E-state index contributed by atoms with van der Waals surface area (Å²) in [5.74, 6) is 2.85.